The number of fused-ring (bicyclic) bond motifs is 1. The third kappa shape index (κ3) is 5.47. The maximum atomic E-state index is 12.7. The number of hydrogen-bond acceptors (Lipinski definition) is 8. The van der Waals surface area contributed by atoms with Crippen molar-refractivity contribution in [2.45, 2.75) is 44.2 Å². The van der Waals surface area contributed by atoms with Gasteiger partial charge in [0.1, 0.15) is 11.9 Å². The summed E-state index contributed by atoms with van der Waals surface area (Å²) in [5.41, 5.74) is 0.355. The van der Waals surface area contributed by atoms with E-state index >= 15 is 0 Å². The highest BCUT2D eigenvalue weighted by atomic mass is 32.2. The number of ether oxygens (including phenoxy) is 1. The molecule has 32 heavy (non-hydrogen) atoms. The van der Waals surface area contributed by atoms with Crippen LogP contribution in [0.5, 0.6) is 0 Å². The van der Waals surface area contributed by atoms with Crippen molar-refractivity contribution in [3.63, 3.8) is 0 Å². The first-order chi connectivity index (χ1) is 14.9. The molecule has 0 radical (unpaired) electrons. The normalized spacial score (nSPS) is 22.9. The molecule has 0 saturated carbocycles. The summed E-state index contributed by atoms with van der Waals surface area (Å²) in [6.45, 7) is 5.07. The van der Waals surface area contributed by atoms with Crippen LogP contribution in [0.3, 0.4) is 0 Å². The van der Waals surface area contributed by atoms with Crippen LogP contribution in [-0.2, 0) is 34.2 Å². The van der Waals surface area contributed by atoms with E-state index in [4.69, 9.17) is 4.74 Å². The standard InChI is InChI=1S/C20H27N3O7S2/c1-13(2)10-23(15-8-9-31(26,27)12-15)18(24)11-30-20(25)14(3)21-19-16-6-4-5-7-17(16)32(28,29)22-19/h4-7,13-15H,8-12H2,1-3H3,(H,21,22)/t14-,15?/m0/s1. The largest absolute Gasteiger partial charge is 0.454 e. The van der Waals surface area contributed by atoms with E-state index in [1.54, 1.807) is 18.2 Å². The number of amidine groups is 1. The first kappa shape index (κ1) is 24.2. The van der Waals surface area contributed by atoms with Crippen LogP contribution >= 0.6 is 0 Å². The lowest BCUT2D eigenvalue weighted by molar-refractivity contribution is -0.153. The molecule has 2 heterocycles. The molecule has 2 aliphatic rings. The molecule has 176 valence electrons. The molecule has 12 heteroatoms. The number of esters is 1. The lowest BCUT2D eigenvalue weighted by Gasteiger charge is -2.29. The third-order valence-corrected chi connectivity index (χ3v) is 8.34. The Labute approximate surface area is 188 Å². The van der Waals surface area contributed by atoms with Crippen LogP contribution in [0, 0.1) is 5.92 Å². The predicted octanol–water partition coefficient (Wildman–Crippen LogP) is 0.329. The summed E-state index contributed by atoms with van der Waals surface area (Å²) in [4.78, 5) is 30.8. The van der Waals surface area contributed by atoms with Crippen molar-refractivity contribution in [3.8, 4) is 0 Å². The highest BCUT2D eigenvalue weighted by Gasteiger charge is 2.35. The van der Waals surface area contributed by atoms with E-state index in [9.17, 15) is 26.4 Å². The average Bonchev–Trinajstić information content (AvgIpc) is 3.20. The molecule has 3 rings (SSSR count). The van der Waals surface area contributed by atoms with Gasteiger partial charge in [0.2, 0.25) is 0 Å². The number of nitrogens with zero attached hydrogens (tertiary/aromatic N) is 2. The summed E-state index contributed by atoms with van der Waals surface area (Å²) >= 11 is 0. The fourth-order valence-electron chi connectivity index (χ4n) is 3.68. The number of sulfonamides is 1. The molecule has 0 spiro atoms. The first-order valence-corrected chi connectivity index (χ1v) is 13.6. The molecule has 1 N–H and O–H groups in total. The minimum Gasteiger partial charge on any atom is -0.454 e. The van der Waals surface area contributed by atoms with Crippen LogP contribution in [0.4, 0.5) is 0 Å². The van der Waals surface area contributed by atoms with Crippen molar-refractivity contribution in [2.24, 2.45) is 10.9 Å². The monoisotopic (exact) mass is 485 g/mol. The van der Waals surface area contributed by atoms with E-state index in [0.29, 0.717) is 18.5 Å². The van der Waals surface area contributed by atoms with Crippen LogP contribution in [-0.4, -0.2) is 76.2 Å². The summed E-state index contributed by atoms with van der Waals surface area (Å²) in [6, 6.07) is 4.77. The number of hydrogen-bond donors (Lipinski definition) is 1. The highest BCUT2D eigenvalue weighted by molar-refractivity contribution is 7.91. The van der Waals surface area contributed by atoms with E-state index in [-0.39, 0.29) is 28.2 Å². The fraction of sp³-hybridized carbons (Fsp3) is 0.550. The van der Waals surface area contributed by atoms with Crippen molar-refractivity contribution in [1.82, 2.24) is 9.62 Å². The van der Waals surface area contributed by atoms with E-state index in [2.05, 4.69) is 9.71 Å². The Hall–Kier alpha value is -2.47. The second-order valence-electron chi connectivity index (χ2n) is 8.36. The molecule has 2 aliphatic heterocycles. The topological polar surface area (TPSA) is 139 Å². The summed E-state index contributed by atoms with van der Waals surface area (Å²) in [5.74, 6) is -1.18. The van der Waals surface area contributed by atoms with Gasteiger partial charge < -0.3 is 9.64 Å². The maximum absolute atomic E-state index is 12.7. The summed E-state index contributed by atoms with van der Waals surface area (Å²) in [6.07, 6.45) is 0.359. The third-order valence-electron chi connectivity index (χ3n) is 5.20. The molecule has 0 aliphatic carbocycles. The zero-order valence-corrected chi connectivity index (χ0v) is 19.8. The van der Waals surface area contributed by atoms with Crippen molar-refractivity contribution >= 4 is 37.6 Å². The van der Waals surface area contributed by atoms with Crippen molar-refractivity contribution in [3.05, 3.63) is 29.8 Å². The molecular weight excluding hydrogens is 458 g/mol. The van der Waals surface area contributed by atoms with Crippen LogP contribution in [0.2, 0.25) is 0 Å². The minimum absolute atomic E-state index is 0.0330. The Morgan fingerprint density at radius 2 is 1.88 bits per heavy atom. The van der Waals surface area contributed by atoms with Crippen molar-refractivity contribution in [2.75, 3.05) is 24.7 Å². The molecule has 1 saturated heterocycles. The maximum Gasteiger partial charge on any atom is 0.331 e. The number of aliphatic imine (C=N–C) groups is 1. The van der Waals surface area contributed by atoms with Gasteiger partial charge in [-0.15, -0.1) is 0 Å². The first-order valence-electron chi connectivity index (χ1n) is 10.3. The summed E-state index contributed by atoms with van der Waals surface area (Å²) < 4.78 is 55.4. The van der Waals surface area contributed by atoms with E-state index < -0.39 is 50.4 Å². The predicted molar refractivity (Wildman–Crippen MR) is 117 cm³/mol. The zero-order valence-electron chi connectivity index (χ0n) is 18.1. The van der Waals surface area contributed by atoms with E-state index in [0.717, 1.165) is 0 Å². The van der Waals surface area contributed by atoms with Gasteiger partial charge in [-0.1, -0.05) is 26.0 Å². The Morgan fingerprint density at radius 3 is 2.50 bits per heavy atom. The average molecular weight is 486 g/mol. The molecule has 10 nitrogen and oxygen atoms in total. The van der Waals surface area contributed by atoms with Gasteiger partial charge in [0.05, 0.1) is 16.4 Å². The van der Waals surface area contributed by atoms with Gasteiger partial charge in [-0.3, -0.25) is 14.5 Å². The molecule has 1 aromatic carbocycles. The quantitative estimate of drug-likeness (QED) is 0.549. The smallest absolute Gasteiger partial charge is 0.331 e. The van der Waals surface area contributed by atoms with Gasteiger partial charge in [0, 0.05) is 18.2 Å². The van der Waals surface area contributed by atoms with Crippen molar-refractivity contribution < 1.29 is 31.2 Å². The number of rotatable bonds is 7. The number of amides is 1. The van der Waals surface area contributed by atoms with Crippen molar-refractivity contribution in [1.29, 1.82) is 0 Å². The summed E-state index contributed by atoms with van der Waals surface area (Å²) in [5, 5.41) is 0. The lowest BCUT2D eigenvalue weighted by Crippen LogP contribution is -2.45. The molecular formula is C20H27N3O7S2. The molecule has 2 atom stereocenters. The fourth-order valence-corrected chi connectivity index (χ4v) is 6.65. The molecule has 0 bridgehead atoms. The van der Waals surface area contributed by atoms with Gasteiger partial charge >= 0.3 is 5.97 Å². The summed E-state index contributed by atoms with van der Waals surface area (Å²) in [7, 11) is -6.91. The number of carbonyl (C=O) groups is 2. The minimum atomic E-state index is -3.74. The van der Waals surface area contributed by atoms with Crippen LogP contribution in [0.1, 0.15) is 32.8 Å². The Balaban J connectivity index is 1.65. The zero-order chi connectivity index (χ0) is 23.7. The number of benzene rings is 1. The van der Waals surface area contributed by atoms with Gasteiger partial charge in [-0.25, -0.2) is 21.6 Å². The highest BCUT2D eigenvalue weighted by Crippen LogP contribution is 2.23. The van der Waals surface area contributed by atoms with Crippen LogP contribution in [0.15, 0.2) is 34.2 Å². The Bertz CT molecular complexity index is 1140. The number of carbonyl (C=O) groups excluding carboxylic acids is 2. The van der Waals surface area contributed by atoms with Gasteiger partial charge in [0.15, 0.2) is 16.4 Å². The van der Waals surface area contributed by atoms with Crippen LogP contribution in [0.25, 0.3) is 0 Å². The van der Waals surface area contributed by atoms with Gasteiger partial charge in [-0.05, 0) is 31.4 Å². The lowest BCUT2D eigenvalue weighted by atomic mass is 10.1. The molecule has 1 aromatic rings. The second kappa shape index (κ2) is 9.18. The SMILES string of the molecule is CC(C)CN(C(=O)COC(=O)[C@H](C)N=C1NS(=O)(=O)c2ccccc21)C1CCS(=O)(=O)C1. The Kier molecular flexibility index (Phi) is 6.94. The second-order valence-corrected chi connectivity index (χ2v) is 12.2. The molecule has 1 unspecified atom stereocenters. The molecule has 0 aromatic heterocycles. The van der Waals surface area contributed by atoms with Crippen LogP contribution < -0.4 is 4.72 Å². The van der Waals surface area contributed by atoms with E-state index in [1.165, 1.54) is 17.9 Å². The number of nitrogens with one attached hydrogen (secondary N) is 1. The Morgan fingerprint density at radius 1 is 1.19 bits per heavy atom. The number of sulfone groups is 1. The van der Waals surface area contributed by atoms with Gasteiger partial charge in [0.25, 0.3) is 15.9 Å². The van der Waals surface area contributed by atoms with Gasteiger partial charge in [-0.2, -0.15) is 0 Å². The molecule has 1 fully saturated rings. The van der Waals surface area contributed by atoms with E-state index in [1.807, 2.05) is 13.8 Å². The molecule has 1 amide bonds.